The zero-order valence-corrected chi connectivity index (χ0v) is 14.6. The van der Waals surface area contributed by atoms with Gasteiger partial charge in [0.1, 0.15) is 17.8 Å². The summed E-state index contributed by atoms with van der Waals surface area (Å²) >= 11 is 0. The van der Waals surface area contributed by atoms with E-state index in [-0.39, 0.29) is 12.5 Å². The lowest BCUT2D eigenvalue weighted by Gasteiger charge is -2.24. The van der Waals surface area contributed by atoms with Crippen LogP contribution in [0, 0.1) is 0 Å². The number of carbonyl (C=O) groups is 3. The maximum atomic E-state index is 12.7. The first-order valence-electron chi connectivity index (χ1n) is 7.66. The van der Waals surface area contributed by atoms with Crippen LogP contribution >= 0.6 is 0 Å². The molecule has 0 aromatic heterocycles. The minimum atomic E-state index is -1.20. The second-order valence-electron chi connectivity index (χ2n) is 6.97. The lowest BCUT2D eigenvalue weighted by atomic mass is 9.92. The first kappa shape index (κ1) is 17.8. The largest absolute Gasteiger partial charge is 0.497 e. The zero-order valence-electron chi connectivity index (χ0n) is 14.6. The Balaban J connectivity index is 2.19. The highest BCUT2D eigenvalue weighted by Gasteiger charge is 2.49. The van der Waals surface area contributed by atoms with Gasteiger partial charge in [0.15, 0.2) is 0 Å². The second kappa shape index (κ2) is 6.14. The Hall–Kier alpha value is -2.57. The highest BCUT2D eigenvalue weighted by atomic mass is 16.5. The quantitative estimate of drug-likeness (QED) is 0.815. The van der Waals surface area contributed by atoms with Crippen molar-refractivity contribution in [1.29, 1.82) is 0 Å². The average molecular weight is 333 g/mol. The number of benzene rings is 1. The minimum absolute atomic E-state index is 0.312. The Morgan fingerprint density at radius 2 is 1.83 bits per heavy atom. The molecule has 7 heteroatoms. The Bertz CT molecular complexity index is 663. The summed E-state index contributed by atoms with van der Waals surface area (Å²) in [4.78, 5) is 37.9. The van der Waals surface area contributed by atoms with Crippen molar-refractivity contribution in [2.45, 2.75) is 38.8 Å². The van der Waals surface area contributed by atoms with Gasteiger partial charge in [0.2, 0.25) is 5.91 Å². The summed E-state index contributed by atoms with van der Waals surface area (Å²) in [5, 5.41) is 5.41. The molecule has 0 spiro atoms. The van der Waals surface area contributed by atoms with Crippen LogP contribution in [0.3, 0.4) is 0 Å². The summed E-state index contributed by atoms with van der Waals surface area (Å²) in [6.07, 6.45) is 0. The molecule has 0 bridgehead atoms. The molecular weight excluding hydrogens is 310 g/mol. The first-order valence-corrected chi connectivity index (χ1v) is 7.66. The van der Waals surface area contributed by atoms with E-state index in [0.717, 1.165) is 4.90 Å². The summed E-state index contributed by atoms with van der Waals surface area (Å²) in [6.45, 7) is 6.80. The van der Waals surface area contributed by atoms with E-state index >= 15 is 0 Å². The molecule has 1 fully saturated rings. The van der Waals surface area contributed by atoms with Crippen LogP contribution in [-0.2, 0) is 15.1 Å². The smallest absolute Gasteiger partial charge is 0.325 e. The van der Waals surface area contributed by atoms with E-state index in [4.69, 9.17) is 4.74 Å². The highest BCUT2D eigenvalue weighted by Crippen LogP contribution is 2.29. The van der Waals surface area contributed by atoms with E-state index < -0.39 is 23.0 Å². The van der Waals surface area contributed by atoms with Crippen LogP contribution in [0.1, 0.15) is 33.3 Å². The van der Waals surface area contributed by atoms with Gasteiger partial charge in [0.05, 0.1) is 7.11 Å². The Labute approximate surface area is 141 Å². The monoisotopic (exact) mass is 333 g/mol. The van der Waals surface area contributed by atoms with Gasteiger partial charge in [-0.2, -0.15) is 0 Å². The van der Waals surface area contributed by atoms with Crippen LogP contribution in [0.25, 0.3) is 0 Å². The van der Waals surface area contributed by atoms with Gasteiger partial charge in [-0.1, -0.05) is 12.1 Å². The molecule has 24 heavy (non-hydrogen) atoms. The second-order valence-corrected chi connectivity index (χ2v) is 6.97. The predicted molar refractivity (Wildman–Crippen MR) is 88.5 cm³/mol. The fourth-order valence-corrected chi connectivity index (χ4v) is 2.56. The number of nitrogens with zero attached hydrogens (tertiary/aromatic N) is 1. The van der Waals surface area contributed by atoms with E-state index in [2.05, 4.69) is 10.6 Å². The van der Waals surface area contributed by atoms with Crippen molar-refractivity contribution in [3.63, 3.8) is 0 Å². The Morgan fingerprint density at radius 3 is 2.33 bits per heavy atom. The van der Waals surface area contributed by atoms with Crippen LogP contribution in [0.15, 0.2) is 24.3 Å². The minimum Gasteiger partial charge on any atom is -0.497 e. The Kier molecular flexibility index (Phi) is 4.55. The zero-order chi connectivity index (χ0) is 18.1. The third-order valence-corrected chi connectivity index (χ3v) is 3.76. The van der Waals surface area contributed by atoms with Crippen molar-refractivity contribution in [3.8, 4) is 5.75 Å². The number of hydrogen-bond donors (Lipinski definition) is 2. The van der Waals surface area contributed by atoms with Gasteiger partial charge in [-0.3, -0.25) is 14.5 Å². The van der Waals surface area contributed by atoms with Crippen molar-refractivity contribution in [2.75, 3.05) is 13.7 Å². The predicted octanol–water partition coefficient (Wildman–Crippen LogP) is 1.38. The summed E-state index contributed by atoms with van der Waals surface area (Å²) in [7, 11) is 1.55. The third kappa shape index (κ3) is 3.50. The highest BCUT2D eigenvalue weighted by molar-refractivity contribution is 6.09. The number of methoxy groups -OCH3 is 1. The number of hydrogen-bond acceptors (Lipinski definition) is 4. The lowest BCUT2D eigenvalue weighted by Crippen LogP contribution is -2.48. The molecule has 1 aromatic carbocycles. The van der Waals surface area contributed by atoms with Gasteiger partial charge in [0.25, 0.3) is 5.91 Å². The maximum absolute atomic E-state index is 12.7. The van der Waals surface area contributed by atoms with Crippen molar-refractivity contribution in [2.24, 2.45) is 0 Å². The molecule has 0 radical (unpaired) electrons. The van der Waals surface area contributed by atoms with E-state index in [0.29, 0.717) is 11.3 Å². The molecule has 1 atom stereocenters. The molecule has 2 rings (SSSR count). The molecule has 1 saturated heterocycles. The summed E-state index contributed by atoms with van der Waals surface area (Å²) in [6, 6.07) is 6.29. The molecule has 0 unspecified atom stereocenters. The van der Waals surface area contributed by atoms with Crippen LogP contribution in [-0.4, -0.2) is 41.9 Å². The van der Waals surface area contributed by atoms with Gasteiger partial charge >= 0.3 is 6.03 Å². The molecule has 4 amide bonds. The third-order valence-electron chi connectivity index (χ3n) is 3.76. The molecule has 7 nitrogen and oxygen atoms in total. The first-order chi connectivity index (χ1) is 11.1. The van der Waals surface area contributed by atoms with Crippen LogP contribution in [0.5, 0.6) is 5.75 Å². The number of nitrogens with one attached hydrogen (secondary N) is 2. The van der Waals surface area contributed by atoms with Crippen molar-refractivity contribution >= 4 is 17.8 Å². The van der Waals surface area contributed by atoms with E-state index in [1.54, 1.807) is 38.3 Å². The molecule has 1 aromatic rings. The SMILES string of the molecule is COc1ccc([C@]2(C)NC(=O)N(CC(=O)NC(C)(C)C)C2=O)cc1. The van der Waals surface area contributed by atoms with E-state index in [1.165, 1.54) is 0 Å². The number of ether oxygens (including phenoxy) is 1. The fourth-order valence-electron chi connectivity index (χ4n) is 2.56. The van der Waals surface area contributed by atoms with Gasteiger partial charge in [-0.25, -0.2) is 4.79 Å². The standard InChI is InChI=1S/C17H23N3O4/c1-16(2,3)18-13(21)10-20-14(22)17(4,19-15(20)23)11-6-8-12(24-5)9-7-11/h6-9H,10H2,1-5H3,(H,18,21)(H,19,23)/t17-/m0/s1. The van der Waals surface area contributed by atoms with Crippen molar-refractivity contribution in [3.05, 3.63) is 29.8 Å². The van der Waals surface area contributed by atoms with Crippen LogP contribution in [0.4, 0.5) is 4.79 Å². The normalized spacial score (nSPS) is 20.8. The average Bonchev–Trinajstić information content (AvgIpc) is 2.70. The molecule has 2 N–H and O–H groups in total. The number of amides is 4. The van der Waals surface area contributed by atoms with Crippen LogP contribution < -0.4 is 15.4 Å². The van der Waals surface area contributed by atoms with Crippen molar-refractivity contribution in [1.82, 2.24) is 15.5 Å². The maximum Gasteiger partial charge on any atom is 0.325 e. The van der Waals surface area contributed by atoms with Crippen molar-refractivity contribution < 1.29 is 19.1 Å². The lowest BCUT2D eigenvalue weighted by molar-refractivity contribution is -0.135. The molecule has 0 saturated carbocycles. The van der Waals surface area contributed by atoms with Gasteiger partial charge in [-0.15, -0.1) is 0 Å². The van der Waals surface area contributed by atoms with E-state index in [1.807, 2.05) is 20.8 Å². The summed E-state index contributed by atoms with van der Waals surface area (Å²) in [5.41, 5.74) is -1.01. The van der Waals surface area contributed by atoms with Crippen LogP contribution in [0.2, 0.25) is 0 Å². The fraction of sp³-hybridized carbons (Fsp3) is 0.471. The van der Waals surface area contributed by atoms with Gasteiger partial charge in [0, 0.05) is 5.54 Å². The number of carbonyl (C=O) groups excluding carboxylic acids is 3. The molecule has 130 valence electrons. The summed E-state index contributed by atoms with van der Waals surface area (Å²) in [5.74, 6) is -0.188. The molecule has 1 aliphatic heterocycles. The topological polar surface area (TPSA) is 87.7 Å². The molecule has 1 aliphatic rings. The Morgan fingerprint density at radius 1 is 1.25 bits per heavy atom. The summed E-state index contributed by atoms with van der Waals surface area (Å²) < 4.78 is 5.10. The van der Waals surface area contributed by atoms with E-state index in [9.17, 15) is 14.4 Å². The van der Waals surface area contributed by atoms with Gasteiger partial charge < -0.3 is 15.4 Å². The molecular formula is C17H23N3O4. The number of imide groups is 1. The van der Waals surface area contributed by atoms with Gasteiger partial charge in [-0.05, 0) is 45.4 Å². The molecule has 0 aliphatic carbocycles. The number of urea groups is 1. The number of rotatable bonds is 4. The molecule has 1 heterocycles.